The largest absolute Gasteiger partial charge is 0.392 e. The minimum absolute atomic E-state index is 0.246. The minimum Gasteiger partial charge on any atom is -0.392 e. The fourth-order valence-corrected chi connectivity index (χ4v) is 2.09. The molecule has 0 saturated heterocycles. The van der Waals surface area contributed by atoms with E-state index in [1.54, 1.807) is 18.9 Å². The van der Waals surface area contributed by atoms with Crippen LogP contribution in [0.5, 0.6) is 0 Å². The fourth-order valence-electron chi connectivity index (χ4n) is 1.06. The van der Waals surface area contributed by atoms with Gasteiger partial charge in [0.1, 0.15) is 0 Å². The normalized spacial score (nSPS) is 17.8. The van der Waals surface area contributed by atoms with E-state index in [0.29, 0.717) is 6.04 Å². The Balaban J connectivity index is 3.68. The number of ether oxygens (including phenoxy) is 1. The van der Waals surface area contributed by atoms with Crippen molar-refractivity contribution in [3.05, 3.63) is 0 Å². The first-order valence-electron chi connectivity index (χ1n) is 5.13. The van der Waals surface area contributed by atoms with Gasteiger partial charge in [-0.25, -0.2) is 0 Å². The third-order valence-electron chi connectivity index (χ3n) is 2.10. The molecule has 0 heterocycles. The average molecular weight is 221 g/mol. The molecule has 4 heteroatoms. The molecule has 0 amide bonds. The number of methoxy groups -OCH3 is 1. The Labute approximate surface area is 91.6 Å². The molecule has 0 rings (SSSR count). The van der Waals surface area contributed by atoms with Gasteiger partial charge in [-0.3, -0.25) is 0 Å². The maximum Gasteiger partial charge on any atom is 0.0628 e. The number of aliphatic hydroxyl groups excluding tert-OH is 1. The van der Waals surface area contributed by atoms with Gasteiger partial charge in [0.25, 0.3) is 0 Å². The van der Waals surface area contributed by atoms with Crippen molar-refractivity contribution < 1.29 is 9.84 Å². The van der Waals surface area contributed by atoms with Gasteiger partial charge >= 0.3 is 0 Å². The average Bonchev–Trinajstić information content (AvgIpc) is 2.14. The summed E-state index contributed by atoms with van der Waals surface area (Å²) in [5.41, 5.74) is 0. The highest BCUT2D eigenvalue weighted by molar-refractivity contribution is 7.99. The first kappa shape index (κ1) is 14.2. The molecule has 0 bridgehead atoms. The summed E-state index contributed by atoms with van der Waals surface area (Å²) >= 11 is 1.78. The summed E-state index contributed by atoms with van der Waals surface area (Å²) in [5.74, 6) is 0.980. The van der Waals surface area contributed by atoms with Gasteiger partial charge in [-0.05, 0) is 13.5 Å². The van der Waals surface area contributed by atoms with Crippen molar-refractivity contribution >= 4 is 11.8 Å². The number of rotatable bonds is 8. The fraction of sp³-hybridized carbons (Fsp3) is 1.00. The van der Waals surface area contributed by atoms with E-state index in [9.17, 15) is 5.11 Å². The monoisotopic (exact) mass is 221 g/mol. The van der Waals surface area contributed by atoms with Crippen molar-refractivity contribution in [3.8, 4) is 0 Å². The van der Waals surface area contributed by atoms with Crippen LogP contribution in [0.1, 0.15) is 20.8 Å². The summed E-state index contributed by atoms with van der Waals surface area (Å²) < 4.78 is 5.11. The van der Waals surface area contributed by atoms with Gasteiger partial charge in [-0.2, -0.15) is 11.8 Å². The molecule has 3 unspecified atom stereocenters. The van der Waals surface area contributed by atoms with Gasteiger partial charge < -0.3 is 15.2 Å². The maximum absolute atomic E-state index is 9.32. The van der Waals surface area contributed by atoms with Gasteiger partial charge in [-0.15, -0.1) is 0 Å². The molecule has 0 fully saturated rings. The molecule has 0 aliphatic rings. The van der Waals surface area contributed by atoms with Crippen molar-refractivity contribution in [1.29, 1.82) is 0 Å². The second-order valence-electron chi connectivity index (χ2n) is 3.49. The van der Waals surface area contributed by atoms with Crippen LogP contribution in [0.2, 0.25) is 0 Å². The SMILES string of the molecule is CCNC(COC)CSC(C)C(C)O. The summed E-state index contributed by atoms with van der Waals surface area (Å²) in [5, 5.41) is 13.0. The Morgan fingerprint density at radius 1 is 1.43 bits per heavy atom. The number of hydrogen-bond acceptors (Lipinski definition) is 4. The first-order valence-corrected chi connectivity index (χ1v) is 6.18. The second-order valence-corrected chi connectivity index (χ2v) is 4.90. The third kappa shape index (κ3) is 6.65. The lowest BCUT2D eigenvalue weighted by Gasteiger charge is -2.20. The predicted molar refractivity (Wildman–Crippen MR) is 62.9 cm³/mol. The van der Waals surface area contributed by atoms with Crippen molar-refractivity contribution in [3.63, 3.8) is 0 Å². The Hall–Kier alpha value is 0.230. The van der Waals surface area contributed by atoms with Crippen molar-refractivity contribution in [2.24, 2.45) is 0 Å². The zero-order valence-electron chi connectivity index (χ0n) is 9.62. The van der Waals surface area contributed by atoms with Gasteiger partial charge in [0.15, 0.2) is 0 Å². The van der Waals surface area contributed by atoms with Crippen LogP contribution in [-0.4, -0.2) is 48.5 Å². The molecule has 86 valence electrons. The van der Waals surface area contributed by atoms with Gasteiger partial charge in [0.2, 0.25) is 0 Å². The summed E-state index contributed by atoms with van der Waals surface area (Å²) in [6.45, 7) is 7.65. The summed E-state index contributed by atoms with van der Waals surface area (Å²) in [7, 11) is 1.72. The summed E-state index contributed by atoms with van der Waals surface area (Å²) in [6.07, 6.45) is -0.246. The molecule has 14 heavy (non-hydrogen) atoms. The number of aliphatic hydroxyl groups is 1. The Kier molecular flexibility index (Phi) is 8.67. The second kappa shape index (κ2) is 8.53. The molecule has 0 radical (unpaired) electrons. The van der Waals surface area contributed by atoms with Crippen LogP contribution in [0, 0.1) is 0 Å². The molecule has 3 nitrogen and oxygen atoms in total. The highest BCUT2D eigenvalue weighted by Gasteiger charge is 2.13. The number of hydrogen-bond donors (Lipinski definition) is 2. The number of likely N-dealkylation sites (N-methyl/N-ethyl adjacent to an activating group) is 1. The van der Waals surface area contributed by atoms with Crippen LogP contribution >= 0.6 is 11.8 Å². The third-order valence-corrected chi connectivity index (χ3v) is 3.61. The van der Waals surface area contributed by atoms with Crippen molar-refractivity contribution in [1.82, 2.24) is 5.32 Å². The van der Waals surface area contributed by atoms with E-state index in [1.807, 2.05) is 13.8 Å². The van der Waals surface area contributed by atoms with E-state index in [4.69, 9.17) is 4.74 Å². The van der Waals surface area contributed by atoms with Crippen LogP contribution in [0.15, 0.2) is 0 Å². The topological polar surface area (TPSA) is 41.5 Å². The molecule has 0 spiro atoms. The minimum atomic E-state index is -0.246. The lowest BCUT2D eigenvalue weighted by Crippen LogP contribution is -2.36. The van der Waals surface area contributed by atoms with E-state index >= 15 is 0 Å². The summed E-state index contributed by atoms with van der Waals surface area (Å²) in [6, 6.07) is 0.385. The number of nitrogens with one attached hydrogen (secondary N) is 1. The number of thioether (sulfide) groups is 1. The van der Waals surface area contributed by atoms with E-state index in [-0.39, 0.29) is 11.4 Å². The van der Waals surface area contributed by atoms with E-state index < -0.39 is 0 Å². The molecule has 0 aromatic carbocycles. The summed E-state index contributed by atoms with van der Waals surface area (Å²) in [4.78, 5) is 0. The van der Waals surface area contributed by atoms with Crippen molar-refractivity contribution in [2.45, 2.75) is 38.2 Å². The highest BCUT2D eigenvalue weighted by atomic mass is 32.2. The molecule has 0 aromatic rings. The lowest BCUT2D eigenvalue weighted by atomic mass is 10.3. The smallest absolute Gasteiger partial charge is 0.0628 e. The van der Waals surface area contributed by atoms with E-state index in [2.05, 4.69) is 12.2 Å². The molecule has 0 aromatic heterocycles. The van der Waals surface area contributed by atoms with Crippen LogP contribution in [0.4, 0.5) is 0 Å². The zero-order chi connectivity index (χ0) is 11.0. The van der Waals surface area contributed by atoms with Gasteiger partial charge in [0, 0.05) is 24.2 Å². The zero-order valence-corrected chi connectivity index (χ0v) is 10.4. The van der Waals surface area contributed by atoms with Crippen LogP contribution in [0.3, 0.4) is 0 Å². The van der Waals surface area contributed by atoms with Gasteiger partial charge in [0.05, 0.1) is 12.7 Å². The van der Waals surface area contributed by atoms with Crippen LogP contribution in [0.25, 0.3) is 0 Å². The molecule has 3 atom stereocenters. The maximum atomic E-state index is 9.32. The predicted octanol–water partition coefficient (Wildman–Crippen LogP) is 1.11. The van der Waals surface area contributed by atoms with Gasteiger partial charge in [-0.1, -0.05) is 13.8 Å². The molecule has 0 aliphatic heterocycles. The molecular weight excluding hydrogens is 198 g/mol. The Morgan fingerprint density at radius 2 is 2.07 bits per heavy atom. The molecule has 2 N–H and O–H groups in total. The molecule has 0 aliphatic carbocycles. The van der Waals surface area contributed by atoms with E-state index in [1.165, 1.54) is 0 Å². The Morgan fingerprint density at radius 3 is 2.50 bits per heavy atom. The molecular formula is C10H23NO2S. The van der Waals surface area contributed by atoms with E-state index in [0.717, 1.165) is 18.9 Å². The van der Waals surface area contributed by atoms with Crippen LogP contribution in [-0.2, 0) is 4.74 Å². The highest BCUT2D eigenvalue weighted by Crippen LogP contribution is 2.15. The van der Waals surface area contributed by atoms with Crippen LogP contribution < -0.4 is 5.32 Å². The first-order chi connectivity index (χ1) is 6.61. The molecule has 0 saturated carbocycles. The van der Waals surface area contributed by atoms with Crippen molar-refractivity contribution in [2.75, 3.05) is 26.0 Å². The standard InChI is InChI=1S/C10H23NO2S/c1-5-11-10(6-13-4)7-14-9(3)8(2)12/h8-12H,5-7H2,1-4H3. The lowest BCUT2D eigenvalue weighted by molar-refractivity contribution is 0.174. The quantitative estimate of drug-likeness (QED) is 0.644. The Bertz CT molecular complexity index is 127.